The molecular formula is C21H13ClFNO3S. The van der Waals surface area contributed by atoms with Gasteiger partial charge in [0.15, 0.2) is 5.78 Å². The third-order valence-corrected chi connectivity index (χ3v) is 5.75. The standard InChI is InChI=1S/C21H13ClFNO3S/c22-16-6-3-7-17(23)15(16)11-24-20(26)19(28-21(24)27)10-14-13-5-2-1-4-12(13)8-9-18(14)25/h1-10,26H,11H2/b14-10-. The molecule has 1 aliphatic rings. The lowest BCUT2D eigenvalue weighted by molar-refractivity contribution is -0.109. The molecule has 0 bridgehead atoms. The molecule has 0 aliphatic heterocycles. The number of thiazole rings is 1. The lowest BCUT2D eigenvalue weighted by atomic mass is 9.91. The maximum atomic E-state index is 14.1. The molecule has 0 radical (unpaired) electrons. The average molecular weight is 414 g/mol. The quantitative estimate of drug-likeness (QED) is 0.639. The summed E-state index contributed by atoms with van der Waals surface area (Å²) in [6.45, 7) is -0.208. The van der Waals surface area contributed by atoms with Crippen LogP contribution in [0.2, 0.25) is 5.02 Å². The highest BCUT2D eigenvalue weighted by atomic mass is 35.5. The zero-order valence-corrected chi connectivity index (χ0v) is 15.9. The van der Waals surface area contributed by atoms with E-state index in [0.29, 0.717) is 5.57 Å². The van der Waals surface area contributed by atoms with Crippen molar-refractivity contribution < 1.29 is 14.3 Å². The topological polar surface area (TPSA) is 59.3 Å². The summed E-state index contributed by atoms with van der Waals surface area (Å²) in [5.41, 5.74) is 2.09. The number of aromatic nitrogens is 1. The lowest BCUT2D eigenvalue weighted by Gasteiger charge is -2.12. The summed E-state index contributed by atoms with van der Waals surface area (Å²) in [6, 6.07) is 11.6. The van der Waals surface area contributed by atoms with E-state index in [1.165, 1.54) is 30.4 Å². The van der Waals surface area contributed by atoms with Crippen molar-refractivity contribution in [1.29, 1.82) is 0 Å². The molecule has 0 atom stereocenters. The fraction of sp³-hybridized carbons (Fsp3) is 0.0476. The van der Waals surface area contributed by atoms with Gasteiger partial charge >= 0.3 is 4.87 Å². The molecule has 1 aromatic heterocycles. The second-order valence-electron chi connectivity index (χ2n) is 6.19. The van der Waals surface area contributed by atoms with Gasteiger partial charge in [0.05, 0.1) is 11.4 Å². The number of hydrogen-bond donors (Lipinski definition) is 1. The van der Waals surface area contributed by atoms with Crippen LogP contribution < -0.4 is 4.87 Å². The van der Waals surface area contributed by atoms with Crippen molar-refractivity contribution in [3.05, 3.63) is 90.6 Å². The molecule has 0 unspecified atom stereocenters. The molecule has 0 amide bonds. The Kier molecular flexibility index (Phi) is 4.75. The van der Waals surface area contributed by atoms with E-state index in [4.69, 9.17) is 11.6 Å². The summed E-state index contributed by atoms with van der Waals surface area (Å²) in [5.74, 6) is -1.12. The minimum absolute atomic E-state index is 0.112. The maximum absolute atomic E-state index is 14.1. The number of carbonyl (C=O) groups is 1. The van der Waals surface area contributed by atoms with Crippen LogP contribution >= 0.6 is 22.9 Å². The predicted octanol–water partition coefficient (Wildman–Crippen LogP) is 4.59. The Morgan fingerprint density at radius 3 is 2.68 bits per heavy atom. The second-order valence-corrected chi connectivity index (χ2v) is 7.59. The van der Waals surface area contributed by atoms with E-state index in [1.807, 2.05) is 18.2 Å². The van der Waals surface area contributed by atoms with Crippen LogP contribution in [0.5, 0.6) is 5.88 Å². The SMILES string of the molecule is O=C1C=Cc2ccccc2/C1=C/c1sc(=O)n(Cc2c(F)cccc2Cl)c1O. The Bertz CT molecular complexity index is 1200. The van der Waals surface area contributed by atoms with Gasteiger partial charge in [-0.15, -0.1) is 0 Å². The smallest absolute Gasteiger partial charge is 0.310 e. The zero-order valence-electron chi connectivity index (χ0n) is 14.4. The minimum Gasteiger partial charge on any atom is -0.493 e. The Labute approximate surface area is 168 Å². The molecule has 0 saturated heterocycles. The Morgan fingerprint density at radius 2 is 1.89 bits per heavy atom. The number of carbonyl (C=O) groups excluding carboxylic acids is 1. The van der Waals surface area contributed by atoms with Crippen molar-refractivity contribution in [1.82, 2.24) is 4.57 Å². The third-order valence-electron chi connectivity index (χ3n) is 4.48. The van der Waals surface area contributed by atoms with Crippen molar-refractivity contribution in [3.8, 4) is 5.88 Å². The monoisotopic (exact) mass is 413 g/mol. The van der Waals surface area contributed by atoms with E-state index in [2.05, 4.69) is 0 Å². The van der Waals surface area contributed by atoms with Crippen LogP contribution in [0.3, 0.4) is 0 Å². The molecule has 0 spiro atoms. The number of halogens is 2. The van der Waals surface area contributed by atoms with E-state index in [1.54, 1.807) is 12.1 Å². The van der Waals surface area contributed by atoms with Crippen LogP contribution in [0.25, 0.3) is 17.7 Å². The van der Waals surface area contributed by atoms with E-state index in [9.17, 15) is 19.1 Å². The molecule has 1 N–H and O–H groups in total. The van der Waals surface area contributed by atoms with Gasteiger partial charge in [-0.2, -0.15) is 0 Å². The molecule has 0 fully saturated rings. The molecule has 7 heteroatoms. The van der Waals surface area contributed by atoms with Gasteiger partial charge in [0, 0.05) is 16.2 Å². The lowest BCUT2D eigenvalue weighted by Crippen LogP contribution is -2.14. The highest BCUT2D eigenvalue weighted by Gasteiger charge is 2.21. The summed E-state index contributed by atoms with van der Waals surface area (Å²) in [6.07, 6.45) is 4.66. The van der Waals surface area contributed by atoms with Crippen LogP contribution in [0.1, 0.15) is 21.6 Å². The number of hydrogen-bond acceptors (Lipinski definition) is 4. The molecule has 0 saturated carbocycles. The number of benzene rings is 2. The van der Waals surface area contributed by atoms with Crippen LogP contribution in [-0.2, 0) is 11.3 Å². The van der Waals surface area contributed by atoms with Crippen molar-refractivity contribution in [2.75, 3.05) is 0 Å². The first kappa shape index (κ1) is 18.4. The first-order valence-corrected chi connectivity index (χ1v) is 9.54. The molecule has 140 valence electrons. The largest absolute Gasteiger partial charge is 0.493 e. The van der Waals surface area contributed by atoms with Gasteiger partial charge in [0.25, 0.3) is 0 Å². The minimum atomic E-state index is -0.563. The number of fused-ring (bicyclic) bond motifs is 1. The van der Waals surface area contributed by atoms with Crippen molar-refractivity contribution in [2.24, 2.45) is 0 Å². The van der Waals surface area contributed by atoms with Gasteiger partial charge < -0.3 is 5.11 Å². The molecule has 4 rings (SSSR count). The molecular weight excluding hydrogens is 401 g/mol. The Hall–Kier alpha value is -2.96. The van der Waals surface area contributed by atoms with Gasteiger partial charge in [-0.05, 0) is 35.4 Å². The van der Waals surface area contributed by atoms with Crippen molar-refractivity contribution in [2.45, 2.75) is 6.54 Å². The number of aromatic hydroxyl groups is 1. The van der Waals surface area contributed by atoms with Gasteiger partial charge in [-0.25, -0.2) is 4.39 Å². The zero-order chi connectivity index (χ0) is 19.8. The molecule has 4 nitrogen and oxygen atoms in total. The highest BCUT2D eigenvalue weighted by Crippen LogP contribution is 2.32. The van der Waals surface area contributed by atoms with E-state index in [-0.39, 0.29) is 33.7 Å². The van der Waals surface area contributed by atoms with Gasteiger partial charge in [0.1, 0.15) is 5.82 Å². The Morgan fingerprint density at radius 1 is 1.11 bits per heavy atom. The second kappa shape index (κ2) is 7.22. The summed E-state index contributed by atoms with van der Waals surface area (Å²) in [7, 11) is 0. The summed E-state index contributed by atoms with van der Waals surface area (Å²) < 4.78 is 15.1. The molecule has 1 aliphatic carbocycles. The predicted molar refractivity (Wildman–Crippen MR) is 109 cm³/mol. The van der Waals surface area contributed by atoms with Gasteiger partial charge in [-0.1, -0.05) is 59.3 Å². The van der Waals surface area contributed by atoms with Crippen LogP contribution in [-0.4, -0.2) is 15.5 Å². The molecule has 2 aromatic carbocycles. The van der Waals surface area contributed by atoms with Crippen LogP contribution in [0.15, 0.2) is 53.3 Å². The Balaban J connectivity index is 1.78. The number of rotatable bonds is 3. The normalized spacial score (nSPS) is 14.5. The maximum Gasteiger partial charge on any atom is 0.310 e. The number of allylic oxidation sites excluding steroid dienone is 2. The number of ketones is 1. The average Bonchev–Trinajstić information content (AvgIpc) is 2.94. The first-order valence-electron chi connectivity index (χ1n) is 8.34. The molecule has 1 heterocycles. The first-order chi connectivity index (χ1) is 13.5. The van der Waals surface area contributed by atoms with Crippen molar-refractivity contribution in [3.63, 3.8) is 0 Å². The summed E-state index contributed by atoms with van der Waals surface area (Å²) in [5, 5.41) is 10.7. The summed E-state index contributed by atoms with van der Waals surface area (Å²) in [4.78, 5) is 24.5. The fourth-order valence-electron chi connectivity index (χ4n) is 3.04. The number of nitrogens with zero attached hydrogens (tertiary/aromatic N) is 1. The van der Waals surface area contributed by atoms with E-state index >= 15 is 0 Å². The highest BCUT2D eigenvalue weighted by molar-refractivity contribution is 7.10. The van der Waals surface area contributed by atoms with Gasteiger partial charge in [-0.3, -0.25) is 14.2 Å². The molecule has 3 aromatic rings. The summed E-state index contributed by atoms with van der Waals surface area (Å²) >= 11 is 6.81. The van der Waals surface area contributed by atoms with Crippen molar-refractivity contribution >= 4 is 46.4 Å². The van der Waals surface area contributed by atoms with Crippen LogP contribution in [0.4, 0.5) is 4.39 Å². The third kappa shape index (κ3) is 3.21. The molecule has 28 heavy (non-hydrogen) atoms. The van der Waals surface area contributed by atoms with Crippen LogP contribution in [0, 0.1) is 5.82 Å². The van der Waals surface area contributed by atoms with E-state index < -0.39 is 10.7 Å². The van der Waals surface area contributed by atoms with E-state index in [0.717, 1.165) is 27.0 Å². The fourth-order valence-corrected chi connectivity index (χ4v) is 4.10. The van der Waals surface area contributed by atoms with Gasteiger partial charge in [0.2, 0.25) is 5.88 Å².